The SMILES string of the molecule is N#Cc1cc(-c2ccnc(NC(=O)c3ccccc3)c2)ccc1OC1CCOCC1. The first kappa shape index (κ1) is 19.6. The minimum Gasteiger partial charge on any atom is -0.489 e. The molecule has 1 saturated heterocycles. The molecule has 30 heavy (non-hydrogen) atoms. The molecule has 1 amide bonds. The van der Waals surface area contributed by atoms with Crippen LogP contribution in [0.5, 0.6) is 5.75 Å². The minimum atomic E-state index is -0.224. The van der Waals surface area contributed by atoms with Crippen molar-refractivity contribution in [2.24, 2.45) is 0 Å². The lowest BCUT2D eigenvalue weighted by Crippen LogP contribution is -2.26. The molecule has 150 valence electrons. The van der Waals surface area contributed by atoms with Gasteiger partial charge in [0.05, 0.1) is 18.8 Å². The molecule has 1 N–H and O–H groups in total. The number of carbonyl (C=O) groups excluding carboxylic acids is 1. The maximum atomic E-state index is 12.4. The van der Waals surface area contributed by atoms with Gasteiger partial charge in [-0.1, -0.05) is 24.3 Å². The Morgan fingerprint density at radius 1 is 1.07 bits per heavy atom. The van der Waals surface area contributed by atoms with Crippen LogP contribution in [0.3, 0.4) is 0 Å². The first-order valence-electron chi connectivity index (χ1n) is 9.84. The van der Waals surface area contributed by atoms with E-state index in [4.69, 9.17) is 9.47 Å². The third-order valence-corrected chi connectivity index (χ3v) is 4.93. The average Bonchev–Trinajstić information content (AvgIpc) is 2.81. The van der Waals surface area contributed by atoms with Crippen LogP contribution in [0.1, 0.15) is 28.8 Å². The molecule has 0 spiro atoms. The molecule has 4 rings (SSSR count). The molecule has 1 aromatic heterocycles. The molecular weight excluding hydrogens is 378 g/mol. The molecule has 1 fully saturated rings. The lowest BCUT2D eigenvalue weighted by atomic mass is 10.0. The highest BCUT2D eigenvalue weighted by Gasteiger charge is 2.17. The Bertz CT molecular complexity index is 1070. The zero-order valence-electron chi connectivity index (χ0n) is 16.4. The summed E-state index contributed by atoms with van der Waals surface area (Å²) in [6.45, 7) is 1.36. The Morgan fingerprint density at radius 3 is 2.60 bits per heavy atom. The van der Waals surface area contributed by atoms with Crippen LogP contribution in [0.2, 0.25) is 0 Å². The van der Waals surface area contributed by atoms with Gasteiger partial charge in [-0.2, -0.15) is 5.26 Å². The van der Waals surface area contributed by atoms with E-state index in [0.29, 0.717) is 35.9 Å². The highest BCUT2D eigenvalue weighted by molar-refractivity contribution is 6.03. The summed E-state index contributed by atoms with van der Waals surface area (Å²) < 4.78 is 11.4. The molecule has 0 aliphatic carbocycles. The third-order valence-electron chi connectivity index (χ3n) is 4.93. The molecular formula is C24H21N3O3. The zero-order chi connectivity index (χ0) is 20.8. The second kappa shape index (κ2) is 9.21. The van der Waals surface area contributed by atoms with E-state index in [1.165, 1.54) is 0 Å². The van der Waals surface area contributed by atoms with Crippen molar-refractivity contribution in [1.29, 1.82) is 5.26 Å². The standard InChI is InChI=1S/C24H21N3O3/c25-16-20-14-18(6-7-22(20)30-21-9-12-29-13-10-21)19-8-11-26-23(15-19)27-24(28)17-4-2-1-3-5-17/h1-8,11,14-15,21H,9-10,12-13H2,(H,26,27,28). The van der Waals surface area contributed by atoms with Crippen LogP contribution in [0.25, 0.3) is 11.1 Å². The number of ether oxygens (including phenoxy) is 2. The van der Waals surface area contributed by atoms with Gasteiger partial charge in [0.2, 0.25) is 0 Å². The van der Waals surface area contributed by atoms with Crippen LogP contribution < -0.4 is 10.1 Å². The van der Waals surface area contributed by atoms with Gasteiger partial charge in [0.15, 0.2) is 0 Å². The summed E-state index contributed by atoms with van der Waals surface area (Å²) in [7, 11) is 0. The van der Waals surface area contributed by atoms with E-state index in [-0.39, 0.29) is 12.0 Å². The van der Waals surface area contributed by atoms with E-state index in [2.05, 4.69) is 16.4 Å². The van der Waals surface area contributed by atoms with E-state index in [1.54, 1.807) is 30.5 Å². The van der Waals surface area contributed by atoms with E-state index in [1.807, 2.05) is 36.4 Å². The third kappa shape index (κ3) is 4.65. The van der Waals surface area contributed by atoms with Gasteiger partial charge >= 0.3 is 0 Å². The number of hydrogen-bond donors (Lipinski definition) is 1. The van der Waals surface area contributed by atoms with E-state index in [9.17, 15) is 10.1 Å². The van der Waals surface area contributed by atoms with Crippen molar-refractivity contribution in [1.82, 2.24) is 4.98 Å². The summed E-state index contributed by atoms with van der Waals surface area (Å²) in [6.07, 6.45) is 3.34. The number of rotatable bonds is 5. The molecule has 3 aromatic rings. The van der Waals surface area contributed by atoms with Gasteiger partial charge in [-0.15, -0.1) is 0 Å². The van der Waals surface area contributed by atoms with Crippen LogP contribution in [0.4, 0.5) is 5.82 Å². The van der Waals surface area contributed by atoms with Gasteiger partial charge in [0.25, 0.3) is 5.91 Å². The maximum Gasteiger partial charge on any atom is 0.256 e. The van der Waals surface area contributed by atoms with Crippen LogP contribution >= 0.6 is 0 Å². The lowest BCUT2D eigenvalue weighted by Gasteiger charge is -2.23. The molecule has 6 heteroatoms. The summed E-state index contributed by atoms with van der Waals surface area (Å²) in [5.74, 6) is 0.806. The highest BCUT2D eigenvalue weighted by atomic mass is 16.5. The summed E-state index contributed by atoms with van der Waals surface area (Å²) in [5, 5.41) is 12.4. The number of anilines is 1. The van der Waals surface area contributed by atoms with E-state index in [0.717, 1.165) is 24.0 Å². The van der Waals surface area contributed by atoms with Crippen LogP contribution in [0, 0.1) is 11.3 Å². The van der Waals surface area contributed by atoms with E-state index >= 15 is 0 Å². The topological polar surface area (TPSA) is 84.2 Å². The fourth-order valence-electron chi connectivity index (χ4n) is 3.33. The molecule has 0 atom stereocenters. The number of amides is 1. The molecule has 2 aromatic carbocycles. The summed E-state index contributed by atoms with van der Waals surface area (Å²) >= 11 is 0. The summed E-state index contributed by atoms with van der Waals surface area (Å²) in [5.41, 5.74) is 2.74. The van der Waals surface area contributed by atoms with Gasteiger partial charge in [-0.05, 0) is 47.5 Å². The number of pyridine rings is 1. The number of benzene rings is 2. The number of nitriles is 1. The molecule has 0 saturated carbocycles. The first-order chi connectivity index (χ1) is 14.7. The quantitative estimate of drug-likeness (QED) is 0.686. The van der Waals surface area contributed by atoms with Crippen molar-refractivity contribution in [3.63, 3.8) is 0 Å². The second-order valence-electron chi connectivity index (χ2n) is 7.00. The largest absolute Gasteiger partial charge is 0.489 e. The Labute approximate surface area is 175 Å². The molecule has 0 bridgehead atoms. The fraction of sp³-hybridized carbons (Fsp3) is 0.208. The van der Waals surface area contributed by atoms with Crippen molar-refractivity contribution in [2.75, 3.05) is 18.5 Å². The van der Waals surface area contributed by atoms with Crippen LogP contribution in [0.15, 0.2) is 66.9 Å². The average molecular weight is 399 g/mol. The second-order valence-corrected chi connectivity index (χ2v) is 7.00. The smallest absolute Gasteiger partial charge is 0.256 e. The van der Waals surface area contributed by atoms with Gasteiger partial charge in [0, 0.05) is 24.6 Å². The highest BCUT2D eigenvalue weighted by Crippen LogP contribution is 2.29. The predicted octanol–water partition coefficient (Wildman–Crippen LogP) is 4.43. The number of carbonyl (C=O) groups is 1. The van der Waals surface area contributed by atoms with Crippen molar-refractivity contribution in [3.8, 4) is 22.9 Å². The van der Waals surface area contributed by atoms with Crippen molar-refractivity contribution in [3.05, 3.63) is 78.0 Å². The molecule has 0 radical (unpaired) electrons. The number of nitrogens with one attached hydrogen (secondary N) is 1. The first-order valence-corrected chi connectivity index (χ1v) is 9.84. The lowest BCUT2D eigenvalue weighted by molar-refractivity contribution is 0.0254. The zero-order valence-corrected chi connectivity index (χ0v) is 16.4. The van der Waals surface area contributed by atoms with Gasteiger partial charge in [-0.25, -0.2) is 4.98 Å². The molecule has 1 aliphatic heterocycles. The van der Waals surface area contributed by atoms with Gasteiger partial charge in [0.1, 0.15) is 23.7 Å². The van der Waals surface area contributed by atoms with Crippen LogP contribution in [-0.2, 0) is 4.74 Å². The monoisotopic (exact) mass is 399 g/mol. The number of hydrogen-bond acceptors (Lipinski definition) is 5. The van der Waals surface area contributed by atoms with Crippen molar-refractivity contribution in [2.45, 2.75) is 18.9 Å². The minimum absolute atomic E-state index is 0.0671. The number of aromatic nitrogens is 1. The summed E-state index contributed by atoms with van der Waals surface area (Å²) in [6, 6.07) is 20.4. The fourth-order valence-corrected chi connectivity index (χ4v) is 3.33. The maximum absolute atomic E-state index is 12.4. The molecule has 6 nitrogen and oxygen atoms in total. The Morgan fingerprint density at radius 2 is 1.83 bits per heavy atom. The van der Waals surface area contributed by atoms with Gasteiger partial charge in [-0.3, -0.25) is 4.79 Å². The Hall–Kier alpha value is -3.69. The van der Waals surface area contributed by atoms with Crippen molar-refractivity contribution >= 4 is 11.7 Å². The Kier molecular flexibility index (Phi) is 6.02. The van der Waals surface area contributed by atoms with Crippen molar-refractivity contribution < 1.29 is 14.3 Å². The molecule has 2 heterocycles. The Balaban J connectivity index is 1.53. The predicted molar refractivity (Wildman–Crippen MR) is 113 cm³/mol. The molecule has 1 aliphatic rings. The molecule has 0 unspecified atom stereocenters. The van der Waals surface area contributed by atoms with Gasteiger partial charge < -0.3 is 14.8 Å². The summed E-state index contributed by atoms with van der Waals surface area (Å²) in [4.78, 5) is 16.6. The number of nitrogens with zero attached hydrogens (tertiary/aromatic N) is 2. The van der Waals surface area contributed by atoms with Crippen LogP contribution in [-0.4, -0.2) is 30.2 Å². The normalized spacial score (nSPS) is 14.0. The van der Waals surface area contributed by atoms with E-state index < -0.39 is 0 Å².